The molecule has 0 saturated heterocycles. The largest absolute Gasteiger partial charge is 0.310 e. The third kappa shape index (κ3) is 1.45. The van der Waals surface area contributed by atoms with Crippen LogP contribution < -0.4 is 0 Å². The van der Waals surface area contributed by atoms with Crippen LogP contribution in [0.5, 0.6) is 0 Å². The van der Waals surface area contributed by atoms with Gasteiger partial charge in [0.2, 0.25) is 0 Å². The summed E-state index contributed by atoms with van der Waals surface area (Å²) in [5.74, 6) is 0. The van der Waals surface area contributed by atoms with Crippen molar-refractivity contribution < 1.29 is 0 Å². The first-order chi connectivity index (χ1) is 4.11. The first kappa shape index (κ1) is 6.62. The van der Waals surface area contributed by atoms with Crippen molar-refractivity contribution in [2.45, 2.75) is 18.8 Å². The Balaban J connectivity index is 2.90. The zero-order valence-corrected chi connectivity index (χ0v) is 6.18. The molecule has 0 N–H and O–H groups in total. The maximum absolute atomic E-state index is 5.89. The Labute approximate surface area is 59.5 Å². The van der Waals surface area contributed by atoms with Crippen molar-refractivity contribution in [1.82, 2.24) is 9.55 Å². The average molecular weight is 144 g/mol. The highest BCUT2D eigenvalue weighted by atomic mass is 35.5. The zero-order valence-electron chi connectivity index (χ0n) is 5.43. The van der Waals surface area contributed by atoms with Crippen molar-refractivity contribution in [1.29, 1.82) is 0 Å². The molecule has 49 valence electrons. The van der Waals surface area contributed by atoms with Gasteiger partial charge in [0.1, 0.15) is 5.00 Å². The standard InChI is InChI=1S/C6H8ClN2/c1-6(2,7)9-4-3-8-5-9/h3,5H,1-2H3. The maximum atomic E-state index is 5.89. The van der Waals surface area contributed by atoms with Gasteiger partial charge in [-0.15, -0.1) is 0 Å². The van der Waals surface area contributed by atoms with Crippen LogP contribution >= 0.6 is 11.6 Å². The molecule has 9 heavy (non-hydrogen) atoms. The van der Waals surface area contributed by atoms with Gasteiger partial charge >= 0.3 is 0 Å². The van der Waals surface area contributed by atoms with Crippen molar-refractivity contribution in [3.05, 3.63) is 18.7 Å². The van der Waals surface area contributed by atoms with Crippen LogP contribution in [0.25, 0.3) is 0 Å². The number of alkyl halides is 1. The Kier molecular flexibility index (Phi) is 1.49. The molecule has 0 aliphatic heterocycles. The van der Waals surface area contributed by atoms with Gasteiger partial charge < -0.3 is 4.57 Å². The van der Waals surface area contributed by atoms with Crippen molar-refractivity contribution >= 4 is 11.6 Å². The van der Waals surface area contributed by atoms with Gasteiger partial charge in [-0.1, -0.05) is 11.6 Å². The van der Waals surface area contributed by atoms with Gasteiger partial charge in [0, 0.05) is 0 Å². The highest BCUT2D eigenvalue weighted by Crippen LogP contribution is 2.17. The maximum Gasteiger partial charge on any atom is 0.115 e. The van der Waals surface area contributed by atoms with Crippen LogP contribution in [0.4, 0.5) is 0 Å². The van der Waals surface area contributed by atoms with E-state index in [1.807, 2.05) is 13.8 Å². The van der Waals surface area contributed by atoms with Crippen LogP contribution in [0.3, 0.4) is 0 Å². The Bertz CT molecular complexity index is 173. The molecule has 0 aliphatic carbocycles. The highest BCUT2D eigenvalue weighted by molar-refractivity contribution is 6.21. The fraction of sp³-hybridized carbons (Fsp3) is 0.500. The van der Waals surface area contributed by atoms with Gasteiger partial charge in [0.25, 0.3) is 0 Å². The van der Waals surface area contributed by atoms with Crippen LogP contribution in [0, 0.1) is 6.20 Å². The molecule has 0 amide bonds. The number of hydrogen-bond acceptors (Lipinski definition) is 1. The van der Waals surface area contributed by atoms with E-state index in [1.165, 1.54) is 0 Å². The molecule has 2 nitrogen and oxygen atoms in total. The van der Waals surface area contributed by atoms with E-state index in [-0.39, 0.29) is 0 Å². The van der Waals surface area contributed by atoms with Crippen LogP contribution in [-0.2, 0) is 5.00 Å². The van der Waals surface area contributed by atoms with Gasteiger partial charge in [-0.3, -0.25) is 0 Å². The number of imidazole rings is 1. The second-order valence-electron chi connectivity index (χ2n) is 2.30. The topological polar surface area (TPSA) is 17.8 Å². The van der Waals surface area contributed by atoms with E-state index in [4.69, 9.17) is 11.6 Å². The molecule has 0 aromatic carbocycles. The van der Waals surface area contributed by atoms with Crippen LogP contribution in [0.1, 0.15) is 13.8 Å². The molecule has 3 heteroatoms. The minimum Gasteiger partial charge on any atom is -0.310 e. The number of nitrogens with zero attached hydrogens (tertiary/aromatic N) is 2. The molecule has 1 aromatic heterocycles. The van der Waals surface area contributed by atoms with Crippen molar-refractivity contribution in [3.63, 3.8) is 0 Å². The van der Waals surface area contributed by atoms with Crippen molar-refractivity contribution in [2.24, 2.45) is 0 Å². The second kappa shape index (κ2) is 2.03. The summed E-state index contributed by atoms with van der Waals surface area (Å²) in [5, 5.41) is 0. The monoisotopic (exact) mass is 143 g/mol. The van der Waals surface area contributed by atoms with Gasteiger partial charge in [0.15, 0.2) is 0 Å². The van der Waals surface area contributed by atoms with E-state index in [0.717, 1.165) is 0 Å². The Morgan fingerprint density at radius 1 is 1.67 bits per heavy atom. The minimum atomic E-state index is -0.406. The van der Waals surface area contributed by atoms with E-state index >= 15 is 0 Å². The molecule has 0 spiro atoms. The molecular formula is C6H8ClN2. The average Bonchev–Trinajstić information content (AvgIpc) is 2.08. The summed E-state index contributed by atoms with van der Waals surface area (Å²) in [4.78, 5) is 3.41. The van der Waals surface area contributed by atoms with Gasteiger partial charge in [-0.05, 0) is 13.8 Å². The van der Waals surface area contributed by atoms with E-state index in [0.29, 0.717) is 0 Å². The van der Waals surface area contributed by atoms with E-state index in [9.17, 15) is 0 Å². The highest BCUT2D eigenvalue weighted by Gasteiger charge is 2.13. The molecule has 0 unspecified atom stereocenters. The van der Waals surface area contributed by atoms with Gasteiger partial charge in [-0.2, -0.15) is 0 Å². The van der Waals surface area contributed by atoms with E-state index in [2.05, 4.69) is 11.2 Å². The van der Waals surface area contributed by atoms with Crippen molar-refractivity contribution in [2.75, 3.05) is 0 Å². The smallest absolute Gasteiger partial charge is 0.115 e. The molecule has 0 saturated carbocycles. The molecule has 0 bridgehead atoms. The summed E-state index contributed by atoms with van der Waals surface area (Å²) in [6.45, 7) is 3.76. The lowest BCUT2D eigenvalue weighted by atomic mass is 10.4. The quantitative estimate of drug-likeness (QED) is 0.547. The minimum absolute atomic E-state index is 0.406. The molecule has 0 fully saturated rings. The molecule has 0 aliphatic rings. The Morgan fingerprint density at radius 2 is 2.33 bits per heavy atom. The third-order valence-corrected chi connectivity index (χ3v) is 1.21. The second-order valence-corrected chi connectivity index (χ2v) is 3.23. The Morgan fingerprint density at radius 3 is 2.56 bits per heavy atom. The molecule has 1 heterocycles. The van der Waals surface area contributed by atoms with E-state index < -0.39 is 5.00 Å². The lowest BCUT2D eigenvalue weighted by Gasteiger charge is -2.15. The zero-order chi connectivity index (χ0) is 6.91. The van der Waals surface area contributed by atoms with Crippen LogP contribution in [-0.4, -0.2) is 9.55 Å². The predicted octanol–water partition coefficient (Wildman–Crippen LogP) is 1.61. The number of rotatable bonds is 1. The van der Waals surface area contributed by atoms with Gasteiger partial charge in [-0.25, -0.2) is 4.98 Å². The summed E-state index contributed by atoms with van der Waals surface area (Å²) in [6.07, 6.45) is 6.08. The fourth-order valence-electron chi connectivity index (χ4n) is 0.520. The lowest BCUT2D eigenvalue weighted by Crippen LogP contribution is -2.16. The molecule has 0 atom stereocenters. The Hall–Kier alpha value is -0.500. The number of aromatic nitrogens is 2. The molecule has 1 aromatic rings. The SMILES string of the molecule is CC(C)(Cl)n1[c]cnc1. The summed E-state index contributed by atoms with van der Waals surface area (Å²) < 4.78 is 1.72. The third-order valence-electron chi connectivity index (χ3n) is 1.03. The predicted molar refractivity (Wildman–Crippen MR) is 36.2 cm³/mol. The summed E-state index contributed by atoms with van der Waals surface area (Å²) in [7, 11) is 0. The first-order valence-corrected chi connectivity index (χ1v) is 3.08. The van der Waals surface area contributed by atoms with E-state index in [1.54, 1.807) is 17.1 Å². The molecule has 1 rings (SSSR count). The molecular weight excluding hydrogens is 136 g/mol. The van der Waals surface area contributed by atoms with Crippen molar-refractivity contribution in [3.8, 4) is 0 Å². The van der Waals surface area contributed by atoms with Crippen LogP contribution in [0.2, 0.25) is 0 Å². The summed E-state index contributed by atoms with van der Waals surface area (Å²) >= 11 is 5.89. The normalized spacial score (nSPS) is 11.9. The fourth-order valence-corrected chi connectivity index (χ4v) is 0.612. The molecule has 1 radical (unpaired) electrons. The summed E-state index contributed by atoms with van der Waals surface area (Å²) in [5.41, 5.74) is 0. The summed E-state index contributed by atoms with van der Waals surface area (Å²) in [6, 6.07) is 0. The number of hydrogen-bond donors (Lipinski definition) is 0. The van der Waals surface area contributed by atoms with Crippen LogP contribution in [0.15, 0.2) is 12.5 Å². The number of halogens is 1. The van der Waals surface area contributed by atoms with Gasteiger partial charge in [0.05, 0.1) is 18.7 Å². The first-order valence-electron chi connectivity index (χ1n) is 2.70. The lowest BCUT2D eigenvalue weighted by molar-refractivity contribution is 0.520.